The Balaban J connectivity index is 2.34. The van der Waals surface area contributed by atoms with Gasteiger partial charge in [-0.15, -0.1) is 0 Å². The Labute approximate surface area is 70.7 Å². The van der Waals surface area contributed by atoms with Crippen LogP contribution in [0.5, 0.6) is 0 Å². The van der Waals surface area contributed by atoms with Gasteiger partial charge in [0.2, 0.25) is 0 Å². The van der Waals surface area contributed by atoms with Crippen molar-refractivity contribution in [2.45, 2.75) is 46.5 Å². The van der Waals surface area contributed by atoms with Crippen LogP contribution in [0.2, 0.25) is 0 Å². The van der Waals surface area contributed by atoms with Crippen LogP contribution < -0.4 is 0 Å². The number of hydrogen-bond acceptors (Lipinski definition) is 0. The highest BCUT2D eigenvalue weighted by molar-refractivity contribution is 5.09. The van der Waals surface area contributed by atoms with Gasteiger partial charge in [-0.25, -0.2) is 0 Å². The van der Waals surface area contributed by atoms with E-state index in [4.69, 9.17) is 0 Å². The molecule has 0 N–H and O–H groups in total. The Morgan fingerprint density at radius 1 is 1.55 bits per heavy atom. The lowest BCUT2D eigenvalue weighted by molar-refractivity contribution is 0.363. The first-order valence-corrected chi connectivity index (χ1v) is 4.95. The Hall–Kier alpha value is -0.260. The molecule has 0 fully saturated rings. The van der Waals surface area contributed by atoms with Gasteiger partial charge < -0.3 is 0 Å². The molecule has 2 atom stereocenters. The van der Waals surface area contributed by atoms with Gasteiger partial charge in [-0.2, -0.15) is 0 Å². The van der Waals surface area contributed by atoms with Gasteiger partial charge in [0.25, 0.3) is 0 Å². The molecule has 0 saturated heterocycles. The third kappa shape index (κ3) is 2.08. The zero-order valence-corrected chi connectivity index (χ0v) is 8.06. The van der Waals surface area contributed by atoms with Crippen LogP contribution in [-0.4, -0.2) is 0 Å². The van der Waals surface area contributed by atoms with Crippen LogP contribution in [0.15, 0.2) is 11.6 Å². The molecule has 1 rings (SSSR count). The summed E-state index contributed by atoms with van der Waals surface area (Å²) >= 11 is 0. The summed E-state index contributed by atoms with van der Waals surface area (Å²) in [5.74, 6) is 1.89. The van der Waals surface area contributed by atoms with Crippen LogP contribution in [0, 0.1) is 11.8 Å². The van der Waals surface area contributed by atoms with Crippen LogP contribution in [0.1, 0.15) is 46.5 Å². The molecule has 0 aromatic rings. The maximum Gasteiger partial charge on any atom is -0.0286 e. The largest absolute Gasteiger partial charge is 0.0850 e. The molecule has 0 radical (unpaired) electrons. The van der Waals surface area contributed by atoms with E-state index in [9.17, 15) is 0 Å². The van der Waals surface area contributed by atoms with Gasteiger partial charge in [-0.05, 0) is 31.1 Å². The van der Waals surface area contributed by atoms with E-state index in [1.165, 1.54) is 25.7 Å². The van der Waals surface area contributed by atoms with Crippen molar-refractivity contribution in [3.05, 3.63) is 11.6 Å². The first kappa shape index (κ1) is 8.83. The van der Waals surface area contributed by atoms with Gasteiger partial charge in [-0.1, -0.05) is 38.8 Å². The molecular weight excluding hydrogens is 132 g/mol. The first-order valence-electron chi connectivity index (χ1n) is 4.95. The van der Waals surface area contributed by atoms with Gasteiger partial charge in [0, 0.05) is 0 Å². The average molecular weight is 152 g/mol. The standard InChI is InChI=1S/C11H20/c1-4-9(3)11-7-6-10(5-2)8-11/h6,9,11H,4-5,7-8H2,1-3H3. The molecule has 0 heteroatoms. The predicted octanol–water partition coefficient (Wildman–Crippen LogP) is 3.78. The van der Waals surface area contributed by atoms with Gasteiger partial charge >= 0.3 is 0 Å². The number of hydrogen-bond donors (Lipinski definition) is 0. The molecule has 0 aromatic carbocycles. The molecule has 0 saturated carbocycles. The first-order chi connectivity index (χ1) is 5.27. The summed E-state index contributed by atoms with van der Waals surface area (Å²) in [5.41, 5.74) is 1.69. The topological polar surface area (TPSA) is 0 Å². The molecule has 0 aromatic heterocycles. The van der Waals surface area contributed by atoms with Gasteiger partial charge in [0.05, 0.1) is 0 Å². The zero-order chi connectivity index (χ0) is 8.27. The third-order valence-corrected chi connectivity index (χ3v) is 3.14. The minimum Gasteiger partial charge on any atom is -0.0850 e. The fraction of sp³-hybridized carbons (Fsp3) is 0.818. The quantitative estimate of drug-likeness (QED) is 0.540. The van der Waals surface area contributed by atoms with Crippen LogP contribution in [0.3, 0.4) is 0 Å². The summed E-state index contributed by atoms with van der Waals surface area (Å²) in [4.78, 5) is 0. The lowest BCUT2D eigenvalue weighted by Gasteiger charge is -2.16. The summed E-state index contributed by atoms with van der Waals surface area (Å²) in [7, 11) is 0. The lowest BCUT2D eigenvalue weighted by atomic mass is 9.89. The summed E-state index contributed by atoms with van der Waals surface area (Å²) in [5, 5.41) is 0. The Morgan fingerprint density at radius 2 is 2.27 bits per heavy atom. The van der Waals surface area contributed by atoms with Crippen molar-refractivity contribution in [2.24, 2.45) is 11.8 Å². The predicted molar refractivity (Wildman–Crippen MR) is 50.6 cm³/mol. The van der Waals surface area contributed by atoms with E-state index in [2.05, 4.69) is 26.8 Å². The molecule has 0 bridgehead atoms. The molecular formula is C11H20. The zero-order valence-electron chi connectivity index (χ0n) is 8.06. The smallest absolute Gasteiger partial charge is 0.0286 e. The summed E-state index contributed by atoms with van der Waals surface area (Å²) in [6.45, 7) is 6.95. The van der Waals surface area contributed by atoms with Gasteiger partial charge in [0.15, 0.2) is 0 Å². The number of rotatable bonds is 3. The maximum absolute atomic E-state index is 2.46. The van der Waals surface area contributed by atoms with E-state index in [1.807, 2.05) is 0 Å². The minimum absolute atomic E-state index is 0.926. The molecule has 0 aliphatic heterocycles. The van der Waals surface area contributed by atoms with E-state index in [1.54, 1.807) is 5.57 Å². The van der Waals surface area contributed by atoms with E-state index in [0.717, 1.165) is 11.8 Å². The summed E-state index contributed by atoms with van der Waals surface area (Å²) in [6.07, 6.45) is 7.79. The molecule has 2 unspecified atom stereocenters. The second kappa shape index (κ2) is 3.94. The van der Waals surface area contributed by atoms with Crippen LogP contribution in [-0.2, 0) is 0 Å². The highest BCUT2D eigenvalue weighted by Gasteiger charge is 2.20. The van der Waals surface area contributed by atoms with E-state index in [-0.39, 0.29) is 0 Å². The highest BCUT2D eigenvalue weighted by Crippen LogP contribution is 2.33. The molecule has 0 heterocycles. The molecule has 11 heavy (non-hydrogen) atoms. The van der Waals surface area contributed by atoms with E-state index in [0.29, 0.717) is 0 Å². The van der Waals surface area contributed by atoms with Crippen molar-refractivity contribution in [3.63, 3.8) is 0 Å². The molecule has 0 amide bonds. The Bertz CT molecular complexity index is 144. The maximum atomic E-state index is 2.46. The molecule has 1 aliphatic carbocycles. The fourth-order valence-electron chi connectivity index (χ4n) is 1.88. The second-order valence-electron chi connectivity index (χ2n) is 3.80. The van der Waals surface area contributed by atoms with Gasteiger partial charge in [0.1, 0.15) is 0 Å². The molecule has 64 valence electrons. The Morgan fingerprint density at radius 3 is 2.73 bits per heavy atom. The van der Waals surface area contributed by atoms with Crippen molar-refractivity contribution in [1.29, 1.82) is 0 Å². The van der Waals surface area contributed by atoms with Crippen LogP contribution >= 0.6 is 0 Å². The molecule has 0 spiro atoms. The number of allylic oxidation sites excluding steroid dienone is 2. The van der Waals surface area contributed by atoms with Crippen LogP contribution in [0.4, 0.5) is 0 Å². The SMILES string of the molecule is CCC1=CCC(C(C)CC)C1. The average Bonchev–Trinajstić information content (AvgIpc) is 2.50. The van der Waals surface area contributed by atoms with Crippen molar-refractivity contribution in [2.75, 3.05) is 0 Å². The van der Waals surface area contributed by atoms with Crippen molar-refractivity contribution < 1.29 is 0 Å². The minimum atomic E-state index is 0.926. The van der Waals surface area contributed by atoms with E-state index >= 15 is 0 Å². The van der Waals surface area contributed by atoms with E-state index < -0.39 is 0 Å². The van der Waals surface area contributed by atoms with Gasteiger partial charge in [-0.3, -0.25) is 0 Å². The third-order valence-electron chi connectivity index (χ3n) is 3.14. The highest BCUT2D eigenvalue weighted by atomic mass is 14.3. The summed E-state index contributed by atoms with van der Waals surface area (Å²) < 4.78 is 0. The van der Waals surface area contributed by atoms with Crippen molar-refractivity contribution in [3.8, 4) is 0 Å². The van der Waals surface area contributed by atoms with Crippen molar-refractivity contribution >= 4 is 0 Å². The molecule has 0 nitrogen and oxygen atoms in total. The monoisotopic (exact) mass is 152 g/mol. The summed E-state index contributed by atoms with van der Waals surface area (Å²) in [6, 6.07) is 0. The fourth-order valence-corrected chi connectivity index (χ4v) is 1.88. The molecule has 1 aliphatic rings. The van der Waals surface area contributed by atoms with Crippen molar-refractivity contribution in [1.82, 2.24) is 0 Å². The second-order valence-corrected chi connectivity index (χ2v) is 3.80. The lowest BCUT2D eigenvalue weighted by Crippen LogP contribution is -2.06. The normalized spacial score (nSPS) is 26.8. The van der Waals surface area contributed by atoms with Crippen LogP contribution in [0.25, 0.3) is 0 Å². The Kier molecular flexibility index (Phi) is 3.16.